The number of aromatic nitrogens is 1. The summed E-state index contributed by atoms with van der Waals surface area (Å²) in [4.78, 5) is 20.9. The SMILES string of the molecule is CC(O)c1cccc(N2CCC(CN3CCCCC3=O)CC2)n1. The maximum absolute atomic E-state index is 11.9. The minimum atomic E-state index is -0.530. The molecule has 3 rings (SSSR count). The van der Waals surface area contributed by atoms with Gasteiger partial charge in [-0.1, -0.05) is 6.07 Å². The number of aliphatic hydroxyl groups excluding tert-OH is 1. The third-order valence-corrected chi connectivity index (χ3v) is 5.02. The van der Waals surface area contributed by atoms with Crippen molar-refractivity contribution in [1.29, 1.82) is 0 Å². The number of carbonyl (C=O) groups excluding carboxylic acids is 1. The molecule has 0 saturated carbocycles. The number of hydrogen-bond donors (Lipinski definition) is 1. The summed E-state index contributed by atoms with van der Waals surface area (Å²) in [6, 6.07) is 5.84. The van der Waals surface area contributed by atoms with Crippen LogP contribution in [0.3, 0.4) is 0 Å². The molecule has 2 saturated heterocycles. The lowest BCUT2D eigenvalue weighted by molar-refractivity contribution is -0.134. The van der Waals surface area contributed by atoms with E-state index in [0.29, 0.717) is 11.8 Å². The highest BCUT2D eigenvalue weighted by Gasteiger charge is 2.25. The van der Waals surface area contributed by atoms with Gasteiger partial charge in [0.15, 0.2) is 0 Å². The Morgan fingerprint density at radius 1 is 1.26 bits per heavy atom. The first kappa shape index (κ1) is 16.2. The number of rotatable bonds is 4. The molecule has 2 aliphatic rings. The molecule has 0 radical (unpaired) electrons. The second kappa shape index (κ2) is 7.30. The number of carbonyl (C=O) groups is 1. The highest BCUT2D eigenvalue weighted by molar-refractivity contribution is 5.76. The molecule has 1 N–H and O–H groups in total. The number of amides is 1. The van der Waals surface area contributed by atoms with Crippen LogP contribution in [0.2, 0.25) is 0 Å². The first-order chi connectivity index (χ1) is 11.1. The van der Waals surface area contributed by atoms with Gasteiger partial charge in [-0.05, 0) is 50.7 Å². The van der Waals surface area contributed by atoms with Crippen LogP contribution in [0.5, 0.6) is 0 Å². The number of anilines is 1. The molecule has 0 aromatic carbocycles. The molecule has 2 aliphatic heterocycles. The van der Waals surface area contributed by atoms with Gasteiger partial charge in [-0.3, -0.25) is 4.79 Å². The lowest BCUT2D eigenvalue weighted by Gasteiger charge is -2.36. The van der Waals surface area contributed by atoms with Crippen molar-refractivity contribution in [2.45, 2.75) is 45.1 Å². The topological polar surface area (TPSA) is 56.7 Å². The standard InChI is InChI=1S/C18H27N3O2/c1-14(22)16-5-4-6-17(19-16)20-11-8-15(9-12-20)13-21-10-3-2-7-18(21)23/h4-6,14-15,22H,2-3,7-13H2,1H3. The summed E-state index contributed by atoms with van der Waals surface area (Å²) in [5.41, 5.74) is 0.725. The Bertz CT molecular complexity index is 539. The molecule has 23 heavy (non-hydrogen) atoms. The molecule has 0 spiro atoms. The fourth-order valence-electron chi connectivity index (χ4n) is 3.56. The minimum Gasteiger partial charge on any atom is -0.387 e. The third-order valence-electron chi connectivity index (χ3n) is 5.02. The summed E-state index contributed by atoms with van der Waals surface area (Å²) in [6.45, 7) is 5.56. The van der Waals surface area contributed by atoms with Crippen LogP contribution in [0.4, 0.5) is 5.82 Å². The number of hydrogen-bond acceptors (Lipinski definition) is 4. The van der Waals surface area contributed by atoms with E-state index in [2.05, 4.69) is 14.8 Å². The number of nitrogens with zero attached hydrogens (tertiary/aromatic N) is 3. The molecule has 5 heteroatoms. The van der Waals surface area contributed by atoms with Crippen molar-refractivity contribution in [2.75, 3.05) is 31.1 Å². The van der Waals surface area contributed by atoms with Gasteiger partial charge in [-0.25, -0.2) is 4.98 Å². The molecule has 126 valence electrons. The van der Waals surface area contributed by atoms with E-state index in [-0.39, 0.29) is 0 Å². The zero-order valence-electron chi connectivity index (χ0n) is 13.9. The zero-order chi connectivity index (χ0) is 16.2. The second-order valence-corrected chi connectivity index (χ2v) is 6.82. The molecule has 1 unspecified atom stereocenters. The van der Waals surface area contributed by atoms with E-state index in [1.807, 2.05) is 18.2 Å². The lowest BCUT2D eigenvalue weighted by Crippen LogP contribution is -2.42. The molecule has 5 nitrogen and oxygen atoms in total. The van der Waals surface area contributed by atoms with E-state index < -0.39 is 6.10 Å². The van der Waals surface area contributed by atoms with Crippen molar-refractivity contribution in [3.63, 3.8) is 0 Å². The van der Waals surface area contributed by atoms with Gasteiger partial charge in [0.05, 0.1) is 11.8 Å². The van der Waals surface area contributed by atoms with Crippen molar-refractivity contribution in [2.24, 2.45) is 5.92 Å². The molecule has 1 aromatic rings. The lowest BCUT2D eigenvalue weighted by atomic mass is 9.95. The molecule has 0 aliphatic carbocycles. The summed E-state index contributed by atoms with van der Waals surface area (Å²) in [6.07, 6.45) is 4.61. The maximum atomic E-state index is 11.9. The normalized spacial score (nSPS) is 21.6. The van der Waals surface area contributed by atoms with E-state index >= 15 is 0 Å². The van der Waals surface area contributed by atoms with E-state index in [1.54, 1.807) is 6.92 Å². The fourth-order valence-corrected chi connectivity index (χ4v) is 3.56. The Hall–Kier alpha value is -1.62. The monoisotopic (exact) mass is 317 g/mol. The van der Waals surface area contributed by atoms with Crippen LogP contribution in [-0.2, 0) is 4.79 Å². The Morgan fingerprint density at radius 2 is 2.04 bits per heavy atom. The largest absolute Gasteiger partial charge is 0.387 e. The van der Waals surface area contributed by atoms with Crippen molar-refractivity contribution < 1.29 is 9.90 Å². The van der Waals surface area contributed by atoms with Crippen LogP contribution in [-0.4, -0.2) is 47.1 Å². The molecular formula is C18H27N3O2. The smallest absolute Gasteiger partial charge is 0.222 e. The summed E-state index contributed by atoms with van der Waals surface area (Å²) >= 11 is 0. The van der Waals surface area contributed by atoms with Gasteiger partial charge in [0.2, 0.25) is 5.91 Å². The molecule has 1 amide bonds. The van der Waals surface area contributed by atoms with Gasteiger partial charge in [0, 0.05) is 32.6 Å². The average molecular weight is 317 g/mol. The van der Waals surface area contributed by atoms with Crippen LogP contribution >= 0.6 is 0 Å². The minimum absolute atomic E-state index is 0.338. The fraction of sp³-hybridized carbons (Fsp3) is 0.667. The Morgan fingerprint density at radius 3 is 2.74 bits per heavy atom. The second-order valence-electron chi connectivity index (χ2n) is 6.82. The quantitative estimate of drug-likeness (QED) is 0.926. The van der Waals surface area contributed by atoms with Gasteiger partial charge < -0.3 is 14.9 Å². The van der Waals surface area contributed by atoms with Gasteiger partial charge in [-0.2, -0.15) is 0 Å². The van der Waals surface area contributed by atoms with Gasteiger partial charge in [0.1, 0.15) is 5.82 Å². The van der Waals surface area contributed by atoms with Gasteiger partial charge >= 0.3 is 0 Å². The molecule has 3 heterocycles. The number of aliphatic hydroxyl groups is 1. The predicted octanol–water partition coefficient (Wildman–Crippen LogP) is 2.36. The highest BCUT2D eigenvalue weighted by atomic mass is 16.3. The van der Waals surface area contributed by atoms with Crippen molar-refractivity contribution in [1.82, 2.24) is 9.88 Å². The number of likely N-dealkylation sites (tertiary alicyclic amines) is 1. The van der Waals surface area contributed by atoms with Crippen LogP contribution in [0, 0.1) is 5.92 Å². The average Bonchev–Trinajstić information content (AvgIpc) is 2.58. The van der Waals surface area contributed by atoms with E-state index in [1.165, 1.54) is 0 Å². The third kappa shape index (κ3) is 4.02. The van der Waals surface area contributed by atoms with Crippen molar-refractivity contribution in [3.05, 3.63) is 23.9 Å². The molecule has 1 atom stereocenters. The van der Waals surface area contributed by atoms with Crippen LogP contribution < -0.4 is 4.90 Å². The van der Waals surface area contributed by atoms with Gasteiger partial charge in [-0.15, -0.1) is 0 Å². The van der Waals surface area contributed by atoms with Crippen molar-refractivity contribution >= 4 is 11.7 Å². The maximum Gasteiger partial charge on any atom is 0.222 e. The first-order valence-electron chi connectivity index (χ1n) is 8.81. The van der Waals surface area contributed by atoms with Crippen LogP contribution in [0.15, 0.2) is 18.2 Å². The van der Waals surface area contributed by atoms with E-state index in [0.717, 1.165) is 69.8 Å². The van der Waals surface area contributed by atoms with Crippen LogP contribution in [0.25, 0.3) is 0 Å². The molecule has 0 bridgehead atoms. The number of pyridine rings is 1. The first-order valence-corrected chi connectivity index (χ1v) is 8.81. The molecule has 1 aromatic heterocycles. The summed E-state index contributed by atoms with van der Waals surface area (Å²) in [5.74, 6) is 1.90. The van der Waals surface area contributed by atoms with E-state index in [9.17, 15) is 9.90 Å². The highest BCUT2D eigenvalue weighted by Crippen LogP contribution is 2.25. The molecular weight excluding hydrogens is 290 g/mol. The summed E-state index contributed by atoms with van der Waals surface area (Å²) in [5, 5.41) is 9.68. The Kier molecular flexibility index (Phi) is 5.16. The zero-order valence-corrected chi connectivity index (χ0v) is 13.9. The van der Waals surface area contributed by atoms with E-state index in [4.69, 9.17) is 0 Å². The Labute approximate surface area is 138 Å². The molecule has 2 fully saturated rings. The Balaban J connectivity index is 1.54. The van der Waals surface area contributed by atoms with Crippen LogP contribution in [0.1, 0.15) is 50.8 Å². The van der Waals surface area contributed by atoms with Crippen molar-refractivity contribution in [3.8, 4) is 0 Å². The van der Waals surface area contributed by atoms with Gasteiger partial charge in [0.25, 0.3) is 0 Å². The predicted molar refractivity (Wildman–Crippen MR) is 90.2 cm³/mol. The number of piperidine rings is 2. The summed E-state index contributed by atoms with van der Waals surface area (Å²) in [7, 11) is 0. The summed E-state index contributed by atoms with van der Waals surface area (Å²) < 4.78 is 0.